The molecule has 0 unspecified atom stereocenters. The lowest BCUT2D eigenvalue weighted by Crippen LogP contribution is -2.38. The summed E-state index contributed by atoms with van der Waals surface area (Å²) in [4.78, 5) is 24.8. The van der Waals surface area contributed by atoms with Crippen molar-refractivity contribution in [3.63, 3.8) is 0 Å². The molecule has 1 aliphatic rings. The SMILES string of the molecule is CC(=O)Nc1ccc(SC[C@@H]2O[C@H](c3ccc(CNC(=O)NCc4ccccc4)cc3)O[C@H](c3ccc(CO)cc3)[C@@H]2C)cc1. The summed E-state index contributed by atoms with van der Waals surface area (Å²) in [6.45, 7) is 4.48. The van der Waals surface area contributed by atoms with E-state index in [1.807, 2.05) is 103 Å². The van der Waals surface area contributed by atoms with Gasteiger partial charge in [-0.15, -0.1) is 11.8 Å². The molecular weight excluding hydrogens is 586 g/mol. The topological polar surface area (TPSA) is 109 Å². The van der Waals surface area contributed by atoms with Crippen LogP contribution in [0.25, 0.3) is 0 Å². The Morgan fingerprint density at radius 3 is 1.98 bits per heavy atom. The molecular formula is C36H39N3O5S. The number of anilines is 1. The van der Waals surface area contributed by atoms with E-state index in [1.165, 1.54) is 6.92 Å². The van der Waals surface area contributed by atoms with Gasteiger partial charge >= 0.3 is 6.03 Å². The van der Waals surface area contributed by atoms with Crippen LogP contribution in [-0.2, 0) is 34.0 Å². The number of benzene rings is 4. The van der Waals surface area contributed by atoms with E-state index in [2.05, 4.69) is 22.9 Å². The van der Waals surface area contributed by atoms with Gasteiger partial charge < -0.3 is 30.5 Å². The molecule has 45 heavy (non-hydrogen) atoms. The van der Waals surface area contributed by atoms with Crippen LogP contribution in [-0.4, -0.2) is 28.9 Å². The van der Waals surface area contributed by atoms with Crippen molar-refractivity contribution in [2.75, 3.05) is 11.1 Å². The van der Waals surface area contributed by atoms with Gasteiger partial charge in [0.15, 0.2) is 6.29 Å². The first kappa shape index (κ1) is 32.2. The van der Waals surface area contributed by atoms with Crippen molar-refractivity contribution >= 4 is 29.4 Å². The number of rotatable bonds is 11. The third kappa shape index (κ3) is 9.18. The molecule has 9 heteroatoms. The highest BCUT2D eigenvalue weighted by Crippen LogP contribution is 2.43. The third-order valence-electron chi connectivity index (χ3n) is 7.71. The van der Waals surface area contributed by atoms with E-state index in [4.69, 9.17) is 9.47 Å². The molecule has 3 amide bonds. The number of urea groups is 1. The minimum absolute atomic E-state index is 0.0109. The molecule has 5 rings (SSSR count). The largest absolute Gasteiger partial charge is 0.392 e. The first-order valence-corrected chi connectivity index (χ1v) is 16.0. The number of aliphatic hydroxyl groups excluding tert-OH is 1. The molecule has 1 saturated heterocycles. The van der Waals surface area contributed by atoms with Crippen molar-refractivity contribution in [1.82, 2.24) is 10.6 Å². The fraction of sp³-hybridized carbons (Fsp3) is 0.278. The minimum Gasteiger partial charge on any atom is -0.392 e. The van der Waals surface area contributed by atoms with Gasteiger partial charge in [-0.2, -0.15) is 0 Å². The van der Waals surface area contributed by atoms with Gasteiger partial charge in [-0.3, -0.25) is 4.79 Å². The summed E-state index contributed by atoms with van der Waals surface area (Å²) in [5, 5.41) is 18.1. The van der Waals surface area contributed by atoms with Crippen LogP contribution in [0.1, 0.15) is 54.1 Å². The number of aliphatic hydroxyl groups is 1. The lowest BCUT2D eigenvalue weighted by atomic mass is 9.91. The van der Waals surface area contributed by atoms with Crippen LogP contribution < -0.4 is 16.0 Å². The predicted molar refractivity (Wildman–Crippen MR) is 176 cm³/mol. The average Bonchev–Trinajstić information content (AvgIpc) is 3.07. The first-order valence-electron chi connectivity index (χ1n) is 15.0. The van der Waals surface area contributed by atoms with Gasteiger partial charge in [-0.25, -0.2) is 4.79 Å². The van der Waals surface area contributed by atoms with Crippen LogP contribution in [0.5, 0.6) is 0 Å². The number of hydrogen-bond donors (Lipinski definition) is 4. The van der Waals surface area contributed by atoms with Gasteiger partial charge in [0.2, 0.25) is 5.91 Å². The number of carbonyl (C=O) groups excluding carboxylic acids is 2. The van der Waals surface area contributed by atoms with Gasteiger partial charge in [0, 0.05) is 47.8 Å². The standard InChI is InChI=1S/C36H39N3O5S/c1-24-33(23-45-32-18-16-31(17-19-32)39-25(2)41)43-35(44-34(24)29-12-10-28(22-40)11-13-29)30-14-8-27(9-15-30)21-38-36(42)37-20-26-6-4-3-5-7-26/h3-19,24,33-35,40H,20-23H2,1-2H3,(H,39,41)(H2,37,38,42)/t24-,33+,34+,35+/m1/s1. The monoisotopic (exact) mass is 625 g/mol. The second-order valence-electron chi connectivity index (χ2n) is 11.1. The highest BCUT2D eigenvalue weighted by Gasteiger charge is 2.38. The molecule has 4 aromatic carbocycles. The van der Waals surface area contributed by atoms with Gasteiger partial charge in [-0.05, 0) is 46.5 Å². The van der Waals surface area contributed by atoms with Crippen molar-refractivity contribution < 1.29 is 24.2 Å². The number of ether oxygens (including phenoxy) is 2. The molecule has 1 heterocycles. The van der Waals surface area contributed by atoms with Gasteiger partial charge in [-0.1, -0.05) is 85.8 Å². The Kier molecular flexibility index (Phi) is 11.3. The van der Waals surface area contributed by atoms with Crippen LogP contribution in [0.3, 0.4) is 0 Å². The fourth-order valence-corrected chi connectivity index (χ4v) is 6.21. The summed E-state index contributed by atoms with van der Waals surface area (Å²) in [6.07, 6.45) is -0.896. The Labute approximate surface area is 268 Å². The van der Waals surface area contributed by atoms with Crippen molar-refractivity contribution in [3.05, 3.63) is 131 Å². The molecule has 4 aromatic rings. The predicted octanol–water partition coefficient (Wildman–Crippen LogP) is 6.72. The molecule has 0 radical (unpaired) electrons. The highest BCUT2D eigenvalue weighted by atomic mass is 32.2. The molecule has 4 atom stereocenters. The van der Waals surface area contributed by atoms with Crippen LogP contribution >= 0.6 is 11.8 Å². The summed E-state index contributed by atoms with van der Waals surface area (Å²) < 4.78 is 13.1. The zero-order valence-corrected chi connectivity index (χ0v) is 26.3. The van der Waals surface area contributed by atoms with Gasteiger partial charge in [0.25, 0.3) is 0 Å². The van der Waals surface area contributed by atoms with E-state index in [-0.39, 0.29) is 36.7 Å². The Morgan fingerprint density at radius 2 is 1.36 bits per heavy atom. The number of nitrogens with one attached hydrogen (secondary N) is 3. The number of amides is 3. The van der Waals surface area contributed by atoms with Crippen molar-refractivity contribution in [2.24, 2.45) is 5.92 Å². The molecule has 0 saturated carbocycles. The van der Waals surface area contributed by atoms with Crippen LogP contribution in [0.4, 0.5) is 10.5 Å². The maximum atomic E-state index is 12.3. The summed E-state index contributed by atoms with van der Waals surface area (Å²) >= 11 is 1.70. The number of thioether (sulfide) groups is 1. The normalized spacial score (nSPS) is 19.4. The second-order valence-corrected chi connectivity index (χ2v) is 12.2. The fourth-order valence-electron chi connectivity index (χ4n) is 5.14. The number of carbonyl (C=O) groups is 2. The first-order chi connectivity index (χ1) is 21.9. The van der Waals surface area contributed by atoms with E-state index >= 15 is 0 Å². The zero-order chi connectivity index (χ0) is 31.6. The third-order valence-corrected chi connectivity index (χ3v) is 8.81. The summed E-state index contributed by atoms with van der Waals surface area (Å²) in [5.74, 6) is 0.675. The maximum absolute atomic E-state index is 12.3. The summed E-state index contributed by atoms with van der Waals surface area (Å²) in [5.41, 5.74) is 5.54. The Bertz CT molecular complexity index is 1530. The van der Waals surface area contributed by atoms with Gasteiger partial charge in [0.05, 0.1) is 18.8 Å². The molecule has 0 bridgehead atoms. The molecule has 4 N–H and O–H groups in total. The van der Waals surface area contributed by atoms with E-state index in [0.29, 0.717) is 18.8 Å². The smallest absolute Gasteiger partial charge is 0.315 e. The van der Waals surface area contributed by atoms with Crippen molar-refractivity contribution in [3.8, 4) is 0 Å². The molecule has 1 fully saturated rings. The zero-order valence-electron chi connectivity index (χ0n) is 25.4. The van der Waals surface area contributed by atoms with E-state index in [0.717, 1.165) is 38.4 Å². The molecule has 1 aliphatic heterocycles. The molecule has 0 spiro atoms. The Hall–Kier alpha value is -4.15. The van der Waals surface area contributed by atoms with Crippen molar-refractivity contribution in [1.29, 1.82) is 0 Å². The maximum Gasteiger partial charge on any atom is 0.315 e. The molecule has 8 nitrogen and oxygen atoms in total. The Balaban J connectivity index is 1.24. The molecule has 234 valence electrons. The second kappa shape index (κ2) is 15.7. The molecule has 0 aliphatic carbocycles. The molecule has 0 aromatic heterocycles. The van der Waals surface area contributed by atoms with Crippen molar-refractivity contribution in [2.45, 2.75) is 56.9 Å². The summed E-state index contributed by atoms with van der Waals surface area (Å²) in [6, 6.07) is 33.1. The minimum atomic E-state index is -0.576. The van der Waals surface area contributed by atoms with Crippen LogP contribution in [0, 0.1) is 5.92 Å². The lowest BCUT2D eigenvalue weighted by molar-refractivity contribution is -0.268. The quantitative estimate of drug-likeness (QED) is 0.138. The highest BCUT2D eigenvalue weighted by molar-refractivity contribution is 7.99. The average molecular weight is 626 g/mol. The van der Waals surface area contributed by atoms with E-state index in [1.54, 1.807) is 11.8 Å². The van der Waals surface area contributed by atoms with Crippen LogP contribution in [0.15, 0.2) is 108 Å². The summed E-state index contributed by atoms with van der Waals surface area (Å²) in [7, 11) is 0. The Morgan fingerprint density at radius 1 is 0.756 bits per heavy atom. The van der Waals surface area contributed by atoms with Gasteiger partial charge in [0.1, 0.15) is 0 Å². The lowest BCUT2D eigenvalue weighted by Gasteiger charge is -2.41. The van der Waals surface area contributed by atoms with E-state index < -0.39 is 6.29 Å². The number of hydrogen-bond acceptors (Lipinski definition) is 6. The van der Waals surface area contributed by atoms with E-state index in [9.17, 15) is 14.7 Å². The van der Waals surface area contributed by atoms with Crippen LogP contribution in [0.2, 0.25) is 0 Å².